The van der Waals surface area contributed by atoms with Crippen molar-refractivity contribution in [2.45, 2.75) is 31.7 Å². The highest BCUT2D eigenvalue weighted by Gasteiger charge is 2.31. The largest absolute Gasteiger partial charge is 0.480 e. The zero-order valence-electron chi connectivity index (χ0n) is 9.11. The van der Waals surface area contributed by atoms with Crippen molar-refractivity contribution in [3.8, 4) is 0 Å². The standard InChI is InChI=1S/C11H20N2O2/c14-11(15)8-13(10-1-2-10)7-9-3-5-12-6-4-9/h9-10,12H,1-8H2,(H,14,15). The maximum Gasteiger partial charge on any atom is 0.317 e. The Morgan fingerprint density at radius 2 is 1.93 bits per heavy atom. The first-order valence-corrected chi connectivity index (χ1v) is 5.92. The van der Waals surface area contributed by atoms with E-state index in [0.29, 0.717) is 12.0 Å². The number of piperidine rings is 1. The van der Waals surface area contributed by atoms with E-state index in [1.807, 2.05) is 0 Å². The van der Waals surface area contributed by atoms with Crippen LogP contribution in [0.2, 0.25) is 0 Å². The van der Waals surface area contributed by atoms with Crippen LogP contribution >= 0.6 is 0 Å². The number of aliphatic carboxylic acids is 1. The normalized spacial score (nSPS) is 23.3. The second-order valence-electron chi connectivity index (χ2n) is 4.75. The molecule has 0 amide bonds. The molecule has 1 saturated carbocycles. The van der Waals surface area contributed by atoms with E-state index in [4.69, 9.17) is 5.11 Å². The van der Waals surface area contributed by atoms with Gasteiger partial charge in [-0.05, 0) is 44.7 Å². The van der Waals surface area contributed by atoms with Crippen LogP contribution in [0.25, 0.3) is 0 Å². The molecule has 0 spiro atoms. The van der Waals surface area contributed by atoms with Gasteiger partial charge < -0.3 is 10.4 Å². The summed E-state index contributed by atoms with van der Waals surface area (Å²) < 4.78 is 0. The second kappa shape index (κ2) is 4.94. The number of hydrogen-bond acceptors (Lipinski definition) is 3. The maximum atomic E-state index is 10.7. The van der Waals surface area contributed by atoms with Gasteiger partial charge in [0.25, 0.3) is 0 Å². The Balaban J connectivity index is 1.79. The molecule has 1 saturated heterocycles. The lowest BCUT2D eigenvalue weighted by Gasteiger charge is -2.29. The highest BCUT2D eigenvalue weighted by molar-refractivity contribution is 5.69. The van der Waals surface area contributed by atoms with Crippen LogP contribution in [0.4, 0.5) is 0 Å². The molecule has 1 heterocycles. The van der Waals surface area contributed by atoms with Crippen molar-refractivity contribution in [3.63, 3.8) is 0 Å². The molecular formula is C11H20N2O2. The molecule has 0 atom stereocenters. The van der Waals surface area contributed by atoms with Gasteiger partial charge in [-0.15, -0.1) is 0 Å². The Bertz CT molecular complexity index is 223. The van der Waals surface area contributed by atoms with Gasteiger partial charge in [0.2, 0.25) is 0 Å². The lowest BCUT2D eigenvalue weighted by atomic mass is 9.97. The van der Waals surface area contributed by atoms with E-state index in [-0.39, 0.29) is 6.54 Å². The topological polar surface area (TPSA) is 52.6 Å². The highest BCUT2D eigenvalue weighted by Crippen LogP contribution is 2.28. The fourth-order valence-corrected chi connectivity index (χ4v) is 2.35. The van der Waals surface area contributed by atoms with E-state index in [0.717, 1.165) is 19.6 Å². The summed E-state index contributed by atoms with van der Waals surface area (Å²) >= 11 is 0. The molecule has 2 fully saturated rings. The third-order valence-electron chi connectivity index (χ3n) is 3.35. The number of carbonyl (C=O) groups is 1. The highest BCUT2D eigenvalue weighted by atomic mass is 16.4. The lowest BCUT2D eigenvalue weighted by molar-refractivity contribution is -0.138. The lowest BCUT2D eigenvalue weighted by Crippen LogP contribution is -2.39. The van der Waals surface area contributed by atoms with Crippen LogP contribution in [0.15, 0.2) is 0 Å². The van der Waals surface area contributed by atoms with Crippen molar-refractivity contribution in [2.75, 3.05) is 26.2 Å². The number of carboxylic acid groups (broad SMARTS) is 1. The van der Waals surface area contributed by atoms with Gasteiger partial charge in [-0.3, -0.25) is 9.69 Å². The SMILES string of the molecule is O=C(O)CN(CC1CCNCC1)C1CC1. The Hall–Kier alpha value is -0.610. The van der Waals surface area contributed by atoms with Crippen LogP contribution in [0.1, 0.15) is 25.7 Å². The fraction of sp³-hybridized carbons (Fsp3) is 0.909. The zero-order valence-corrected chi connectivity index (χ0v) is 9.11. The smallest absolute Gasteiger partial charge is 0.317 e. The van der Waals surface area contributed by atoms with Gasteiger partial charge in [-0.1, -0.05) is 0 Å². The minimum absolute atomic E-state index is 0.231. The molecule has 0 radical (unpaired) electrons. The summed E-state index contributed by atoms with van der Waals surface area (Å²) in [5.41, 5.74) is 0. The summed E-state index contributed by atoms with van der Waals surface area (Å²) in [7, 11) is 0. The van der Waals surface area contributed by atoms with Gasteiger partial charge >= 0.3 is 5.97 Å². The first-order chi connectivity index (χ1) is 7.25. The maximum absolute atomic E-state index is 10.7. The van der Waals surface area contributed by atoms with E-state index in [1.54, 1.807) is 0 Å². The Labute approximate surface area is 90.6 Å². The zero-order chi connectivity index (χ0) is 10.7. The van der Waals surface area contributed by atoms with Gasteiger partial charge in [0.05, 0.1) is 6.54 Å². The predicted molar refractivity (Wildman–Crippen MR) is 57.8 cm³/mol. The van der Waals surface area contributed by atoms with Crippen LogP contribution in [0.3, 0.4) is 0 Å². The van der Waals surface area contributed by atoms with E-state index < -0.39 is 5.97 Å². The van der Waals surface area contributed by atoms with E-state index in [9.17, 15) is 4.79 Å². The molecule has 1 aliphatic heterocycles. The van der Waals surface area contributed by atoms with Crippen LogP contribution < -0.4 is 5.32 Å². The Morgan fingerprint density at radius 1 is 1.27 bits per heavy atom. The molecular weight excluding hydrogens is 192 g/mol. The van der Waals surface area contributed by atoms with Crippen LogP contribution in [-0.4, -0.2) is 48.2 Å². The van der Waals surface area contributed by atoms with Crippen molar-refractivity contribution in [1.29, 1.82) is 0 Å². The summed E-state index contributed by atoms with van der Waals surface area (Å²) in [6.45, 7) is 3.40. The van der Waals surface area contributed by atoms with Crippen molar-refractivity contribution in [3.05, 3.63) is 0 Å². The number of nitrogens with one attached hydrogen (secondary N) is 1. The summed E-state index contributed by atoms with van der Waals surface area (Å²) in [5, 5.41) is 12.2. The number of rotatable bonds is 5. The summed E-state index contributed by atoms with van der Waals surface area (Å²) in [5.74, 6) is 0.0158. The van der Waals surface area contributed by atoms with Crippen LogP contribution in [0, 0.1) is 5.92 Å². The molecule has 0 bridgehead atoms. The molecule has 2 aliphatic rings. The average molecular weight is 212 g/mol. The van der Waals surface area contributed by atoms with Crippen molar-refractivity contribution in [2.24, 2.45) is 5.92 Å². The number of hydrogen-bond donors (Lipinski definition) is 2. The molecule has 0 aromatic heterocycles. The summed E-state index contributed by atoms with van der Waals surface area (Å²) in [6, 6.07) is 0.566. The van der Waals surface area contributed by atoms with Gasteiger partial charge in [-0.2, -0.15) is 0 Å². The number of carboxylic acids is 1. The molecule has 4 nitrogen and oxygen atoms in total. The quantitative estimate of drug-likeness (QED) is 0.698. The molecule has 0 aromatic rings. The first kappa shape index (κ1) is 10.9. The van der Waals surface area contributed by atoms with E-state index in [2.05, 4.69) is 10.2 Å². The second-order valence-corrected chi connectivity index (χ2v) is 4.75. The molecule has 1 aliphatic carbocycles. The molecule has 2 N–H and O–H groups in total. The fourth-order valence-electron chi connectivity index (χ4n) is 2.35. The van der Waals surface area contributed by atoms with E-state index >= 15 is 0 Å². The molecule has 4 heteroatoms. The summed E-state index contributed by atoms with van der Waals surface area (Å²) in [4.78, 5) is 12.9. The predicted octanol–water partition coefficient (Wildman–Crippen LogP) is 0.535. The minimum Gasteiger partial charge on any atom is -0.480 e. The first-order valence-electron chi connectivity index (χ1n) is 5.92. The number of nitrogens with zero attached hydrogens (tertiary/aromatic N) is 1. The Morgan fingerprint density at radius 3 is 2.47 bits per heavy atom. The van der Waals surface area contributed by atoms with Gasteiger partial charge in [0, 0.05) is 12.6 Å². The third kappa shape index (κ3) is 3.47. The average Bonchev–Trinajstić information content (AvgIpc) is 3.01. The monoisotopic (exact) mass is 212 g/mol. The van der Waals surface area contributed by atoms with Crippen LogP contribution in [-0.2, 0) is 4.79 Å². The van der Waals surface area contributed by atoms with Crippen molar-refractivity contribution < 1.29 is 9.90 Å². The molecule has 0 aromatic carbocycles. The van der Waals surface area contributed by atoms with Crippen LogP contribution in [0.5, 0.6) is 0 Å². The molecule has 86 valence electrons. The molecule has 0 unspecified atom stereocenters. The van der Waals surface area contributed by atoms with Crippen molar-refractivity contribution in [1.82, 2.24) is 10.2 Å². The van der Waals surface area contributed by atoms with Crippen molar-refractivity contribution >= 4 is 5.97 Å². The molecule has 15 heavy (non-hydrogen) atoms. The van der Waals surface area contributed by atoms with Gasteiger partial charge in [-0.25, -0.2) is 0 Å². The third-order valence-corrected chi connectivity index (χ3v) is 3.35. The molecule has 2 rings (SSSR count). The summed E-state index contributed by atoms with van der Waals surface area (Å²) in [6.07, 6.45) is 4.78. The van der Waals surface area contributed by atoms with Gasteiger partial charge in [0.1, 0.15) is 0 Å². The minimum atomic E-state index is -0.684. The van der Waals surface area contributed by atoms with Gasteiger partial charge in [0.15, 0.2) is 0 Å². The van der Waals surface area contributed by atoms with E-state index in [1.165, 1.54) is 25.7 Å². The Kier molecular flexibility index (Phi) is 3.59.